The summed E-state index contributed by atoms with van der Waals surface area (Å²) in [6.07, 6.45) is 0. The Hall–Kier alpha value is 4.57. The van der Waals surface area contributed by atoms with Gasteiger partial charge in [-0.1, -0.05) is 78.6 Å². The summed E-state index contributed by atoms with van der Waals surface area (Å²) in [5.41, 5.74) is 1.77. The van der Waals surface area contributed by atoms with Gasteiger partial charge in [-0.05, 0) is 0 Å². The fourth-order valence-electron chi connectivity index (χ4n) is 3.49. The molecule has 0 amide bonds. The van der Waals surface area contributed by atoms with Crippen molar-refractivity contribution in [3.63, 3.8) is 0 Å². The van der Waals surface area contributed by atoms with E-state index in [2.05, 4.69) is 78.6 Å². The van der Waals surface area contributed by atoms with Crippen molar-refractivity contribution in [2.24, 2.45) is 0 Å². The van der Waals surface area contributed by atoms with E-state index in [1.165, 1.54) is 0 Å². The Morgan fingerprint density at radius 1 is 0.429 bits per heavy atom. The molecular weight excluding hydrogens is 403 g/mol. The molecule has 0 aromatic heterocycles. The maximum atomic E-state index is 2.67. The summed E-state index contributed by atoms with van der Waals surface area (Å²) in [6.45, 7) is 32.1. The number of rotatable bonds is 6. The first kappa shape index (κ1) is 30.3. The Morgan fingerprint density at radius 3 is 0.667 bits per heavy atom. The van der Waals surface area contributed by atoms with Gasteiger partial charge in [-0.2, -0.15) is 0 Å². The van der Waals surface area contributed by atoms with Crippen LogP contribution in [0.5, 0.6) is 0 Å². The Labute approximate surface area is 228 Å². The molecular formula is C13H38K2Si6. The summed E-state index contributed by atoms with van der Waals surface area (Å²) >= 11 is 0. The van der Waals surface area contributed by atoms with E-state index in [-0.39, 0.29) is 118 Å². The van der Waals surface area contributed by atoms with Gasteiger partial charge in [-0.3, -0.25) is 15.7 Å². The van der Waals surface area contributed by atoms with Crippen LogP contribution in [0.25, 0.3) is 0 Å². The first-order chi connectivity index (χ1) is 7.97. The Morgan fingerprint density at radius 2 is 0.571 bits per heavy atom. The maximum absolute atomic E-state index is 2.67. The molecule has 21 heavy (non-hydrogen) atoms. The molecule has 0 saturated carbocycles. The van der Waals surface area contributed by atoms with Crippen molar-refractivity contribution in [1.82, 2.24) is 0 Å². The normalized spacial score (nSPS) is 14.0. The SMILES string of the molecule is C[Si](C)(C)[Si-](C[Si-]([Si](C)(C)C)[Si](C)(C)C)[Si](C)(C)C.[K+].[K+]. The molecule has 0 aromatic carbocycles. The zero-order valence-electron chi connectivity index (χ0n) is 17.7. The number of hydrogen-bond acceptors (Lipinski definition) is 0. The van der Waals surface area contributed by atoms with Gasteiger partial charge in [0.15, 0.2) is 0 Å². The zero-order chi connectivity index (χ0) is 15.9. The molecule has 0 rings (SSSR count). The van der Waals surface area contributed by atoms with Gasteiger partial charge < -0.3 is 5.67 Å². The van der Waals surface area contributed by atoms with Crippen LogP contribution in [0.15, 0.2) is 0 Å². The van der Waals surface area contributed by atoms with Crippen molar-refractivity contribution in [1.29, 1.82) is 0 Å². The largest absolute Gasteiger partial charge is 1.00 e. The molecule has 0 bridgehead atoms. The van der Waals surface area contributed by atoms with Crippen LogP contribution in [0, 0.1) is 0 Å². The summed E-state index contributed by atoms with van der Waals surface area (Å²) in [4.78, 5) is 0. The molecule has 0 spiro atoms. The third kappa shape index (κ3) is 11.8. The third-order valence-electron chi connectivity index (χ3n) is 3.97. The van der Waals surface area contributed by atoms with E-state index in [1.54, 1.807) is 5.67 Å². The van der Waals surface area contributed by atoms with Crippen molar-refractivity contribution in [2.75, 3.05) is 0 Å². The molecule has 0 atom stereocenters. The van der Waals surface area contributed by atoms with E-state index in [4.69, 9.17) is 0 Å². The van der Waals surface area contributed by atoms with Crippen LogP contribution in [0.1, 0.15) is 0 Å². The molecule has 0 unspecified atom stereocenters. The van der Waals surface area contributed by atoms with E-state index in [0.717, 1.165) is 0 Å². The van der Waals surface area contributed by atoms with Gasteiger partial charge in [0.05, 0.1) is 0 Å². The molecule has 0 fully saturated rings. The van der Waals surface area contributed by atoms with Gasteiger partial charge in [0.1, 0.15) is 0 Å². The first-order valence-electron chi connectivity index (χ1n) is 7.71. The molecule has 0 radical (unpaired) electrons. The molecule has 0 aromatic rings. The summed E-state index contributed by atoms with van der Waals surface area (Å²) < 4.78 is 0. The molecule has 8 heteroatoms. The van der Waals surface area contributed by atoms with Crippen LogP contribution >= 0.6 is 0 Å². The van der Waals surface area contributed by atoms with E-state index >= 15 is 0 Å². The fraction of sp³-hybridized carbons (Fsp3) is 1.00. The van der Waals surface area contributed by atoms with Gasteiger partial charge in [-0.25, -0.2) is 0 Å². The molecule has 0 aliphatic carbocycles. The summed E-state index contributed by atoms with van der Waals surface area (Å²) in [6, 6.07) is 0. The third-order valence-corrected chi connectivity index (χ3v) is 69.1. The van der Waals surface area contributed by atoms with Crippen LogP contribution in [0.4, 0.5) is 0 Å². The predicted octanol–water partition coefficient (Wildman–Crippen LogP) is -0.810. The Kier molecular flexibility index (Phi) is 15.6. The topological polar surface area (TPSA) is 0 Å². The molecule has 0 aliphatic heterocycles. The van der Waals surface area contributed by atoms with Crippen molar-refractivity contribution >= 4 is 46.0 Å². The van der Waals surface area contributed by atoms with Gasteiger partial charge >= 0.3 is 103 Å². The van der Waals surface area contributed by atoms with Gasteiger partial charge in [0, 0.05) is 0 Å². The summed E-state index contributed by atoms with van der Waals surface area (Å²) in [5.74, 6) is 0. The van der Waals surface area contributed by atoms with Gasteiger partial charge in [0.2, 0.25) is 0 Å². The van der Waals surface area contributed by atoms with Crippen molar-refractivity contribution in [3.8, 4) is 0 Å². The maximum Gasteiger partial charge on any atom is 1.00 e. The molecule has 0 saturated heterocycles. The Balaban J connectivity index is -0.00000162. The van der Waals surface area contributed by atoms with Crippen LogP contribution < -0.4 is 103 Å². The smallest absolute Gasteiger partial charge is 0.316 e. The quantitative estimate of drug-likeness (QED) is 0.474. The van der Waals surface area contributed by atoms with E-state index < -0.39 is 30.4 Å². The van der Waals surface area contributed by atoms with Crippen molar-refractivity contribution < 1.29 is 103 Å². The summed E-state index contributed by atoms with van der Waals surface area (Å²) in [5, 5.41) is 0. The minimum Gasteiger partial charge on any atom is -0.316 e. The van der Waals surface area contributed by atoms with Crippen LogP contribution in [0.2, 0.25) is 84.2 Å². The summed E-state index contributed by atoms with van der Waals surface area (Å²) in [7, 11) is -3.73. The fourth-order valence-corrected chi connectivity index (χ4v) is 104. The molecule has 0 aliphatic rings. The van der Waals surface area contributed by atoms with Gasteiger partial charge in [-0.15, -0.1) is 30.4 Å². The van der Waals surface area contributed by atoms with E-state index in [9.17, 15) is 0 Å². The predicted molar refractivity (Wildman–Crippen MR) is 110 cm³/mol. The molecule has 0 nitrogen and oxygen atoms in total. The Bertz CT molecular complexity index is 238. The van der Waals surface area contributed by atoms with E-state index in [0.29, 0.717) is 0 Å². The van der Waals surface area contributed by atoms with Crippen molar-refractivity contribution in [2.45, 2.75) is 84.2 Å². The first-order valence-corrected chi connectivity index (χ1v) is 29.1. The second-order valence-electron chi connectivity index (χ2n) is 10.1. The molecule has 0 heterocycles. The van der Waals surface area contributed by atoms with Crippen molar-refractivity contribution in [3.05, 3.63) is 0 Å². The standard InChI is InChI=1S/C13H38Si6.2K/c1-16(2,3)14(17(4,5)6)13-15(18(7,8)9)19(10,11)12;;/h13H2,1-12H3;;/q-2;2*+1. The average molecular weight is 441 g/mol. The number of hydrogen-bond donors (Lipinski definition) is 0. The minimum atomic E-state index is -0.909. The average Bonchev–Trinajstić information content (AvgIpc) is 1.91. The minimum absolute atomic E-state index is 0. The zero-order valence-corrected chi connectivity index (χ0v) is 30.0. The van der Waals surface area contributed by atoms with E-state index in [1.807, 2.05) is 0 Å². The monoisotopic (exact) mass is 440 g/mol. The second-order valence-corrected chi connectivity index (χ2v) is 59.7. The van der Waals surface area contributed by atoms with Crippen LogP contribution in [-0.4, -0.2) is 46.0 Å². The van der Waals surface area contributed by atoms with Crippen LogP contribution in [0.3, 0.4) is 0 Å². The second kappa shape index (κ2) is 10.8. The van der Waals surface area contributed by atoms with Crippen LogP contribution in [-0.2, 0) is 0 Å². The van der Waals surface area contributed by atoms with Gasteiger partial charge in [0.25, 0.3) is 0 Å². The molecule has 0 N–H and O–H groups in total. The molecule has 116 valence electrons.